The Morgan fingerprint density at radius 3 is 2.84 bits per heavy atom. The van der Waals surface area contributed by atoms with Crippen molar-refractivity contribution in [1.82, 2.24) is 10.8 Å². The standard InChI is InChI=1S/C8H13N5O5S/c1-19(16,17)3-2-18-12-8(15)6-5(4-10-13-9)11-7(6)14/h5-6H,2-4H2,1H3,(H,11,14)(H,12,15). The van der Waals surface area contributed by atoms with Gasteiger partial charge in [-0.1, -0.05) is 5.11 Å². The lowest BCUT2D eigenvalue weighted by Crippen LogP contribution is -2.64. The minimum Gasteiger partial charge on any atom is -0.351 e. The van der Waals surface area contributed by atoms with Gasteiger partial charge in [-0.15, -0.1) is 0 Å². The molecule has 11 heteroatoms. The van der Waals surface area contributed by atoms with E-state index in [2.05, 4.69) is 20.2 Å². The number of β-lactam (4-membered cyclic amide) rings is 1. The zero-order chi connectivity index (χ0) is 14.5. The number of hydrogen-bond donors (Lipinski definition) is 2. The summed E-state index contributed by atoms with van der Waals surface area (Å²) in [6, 6.07) is -0.568. The molecular weight excluding hydrogens is 278 g/mol. The van der Waals surface area contributed by atoms with E-state index in [9.17, 15) is 18.0 Å². The van der Waals surface area contributed by atoms with Gasteiger partial charge in [0.05, 0.1) is 18.4 Å². The summed E-state index contributed by atoms with van der Waals surface area (Å²) < 4.78 is 21.6. The minimum atomic E-state index is -3.18. The quantitative estimate of drug-likeness (QED) is 0.111. The zero-order valence-corrected chi connectivity index (χ0v) is 10.9. The monoisotopic (exact) mass is 291 g/mol. The van der Waals surface area contributed by atoms with Crippen LogP contribution in [0.5, 0.6) is 0 Å². The highest BCUT2D eigenvalue weighted by Crippen LogP contribution is 2.15. The molecule has 0 bridgehead atoms. The summed E-state index contributed by atoms with van der Waals surface area (Å²) in [6.07, 6.45) is 1.04. The van der Waals surface area contributed by atoms with Gasteiger partial charge in [-0.3, -0.25) is 14.4 Å². The van der Waals surface area contributed by atoms with Gasteiger partial charge in [-0.25, -0.2) is 13.9 Å². The predicted molar refractivity (Wildman–Crippen MR) is 63.2 cm³/mol. The Bertz CT molecular complexity index is 512. The molecule has 1 aliphatic rings. The van der Waals surface area contributed by atoms with Crippen molar-refractivity contribution in [3.05, 3.63) is 10.4 Å². The minimum absolute atomic E-state index is 0.0380. The summed E-state index contributed by atoms with van der Waals surface area (Å²) in [5.74, 6) is -2.44. The van der Waals surface area contributed by atoms with Crippen molar-refractivity contribution in [2.75, 3.05) is 25.2 Å². The summed E-state index contributed by atoms with van der Waals surface area (Å²) in [7, 11) is -3.18. The first-order valence-electron chi connectivity index (χ1n) is 5.26. The van der Waals surface area contributed by atoms with Crippen LogP contribution < -0.4 is 10.8 Å². The van der Waals surface area contributed by atoms with Gasteiger partial charge in [0.2, 0.25) is 5.91 Å². The van der Waals surface area contributed by atoms with Crippen LogP contribution in [0, 0.1) is 5.92 Å². The Labute approximate surface area is 109 Å². The third kappa shape index (κ3) is 4.73. The third-order valence-corrected chi connectivity index (χ3v) is 3.27. The Kier molecular flexibility index (Phi) is 5.10. The Morgan fingerprint density at radius 2 is 2.32 bits per heavy atom. The molecule has 1 aliphatic heterocycles. The van der Waals surface area contributed by atoms with Gasteiger partial charge in [0.25, 0.3) is 5.91 Å². The molecule has 2 N–H and O–H groups in total. The molecule has 0 aromatic carbocycles. The van der Waals surface area contributed by atoms with E-state index in [0.717, 1.165) is 6.26 Å². The number of hydrogen-bond acceptors (Lipinski definition) is 6. The Hall–Kier alpha value is -1.84. The number of nitrogens with one attached hydrogen (secondary N) is 2. The molecule has 1 saturated heterocycles. The highest BCUT2D eigenvalue weighted by atomic mass is 32.2. The molecule has 2 amide bonds. The van der Waals surface area contributed by atoms with Crippen molar-refractivity contribution in [1.29, 1.82) is 0 Å². The fourth-order valence-electron chi connectivity index (χ4n) is 1.40. The van der Waals surface area contributed by atoms with Crippen LogP contribution in [-0.4, -0.2) is 51.4 Å². The van der Waals surface area contributed by atoms with Gasteiger partial charge in [-0.2, -0.15) is 0 Å². The Balaban J connectivity index is 2.36. The maximum atomic E-state index is 11.6. The summed E-state index contributed by atoms with van der Waals surface area (Å²) >= 11 is 0. The van der Waals surface area contributed by atoms with Crippen LogP contribution in [0.1, 0.15) is 0 Å². The average molecular weight is 291 g/mol. The first kappa shape index (κ1) is 15.2. The molecule has 19 heavy (non-hydrogen) atoms. The van der Waals surface area contributed by atoms with Gasteiger partial charge < -0.3 is 5.32 Å². The van der Waals surface area contributed by atoms with Crippen LogP contribution >= 0.6 is 0 Å². The molecule has 2 unspecified atom stereocenters. The van der Waals surface area contributed by atoms with E-state index in [0.29, 0.717) is 0 Å². The van der Waals surface area contributed by atoms with Gasteiger partial charge in [0.1, 0.15) is 15.8 Å². The predicted octanol–water partition coefficient (Wildman–Crippen LogP) is -1.50. The van der Waals surface area contributed by atoms with Gasteiger partial charge in [0.15, 0.2) is 0 Å². The molecule has 1 fully saturated rings. The highest BCUT2D eigenvalue weighted by molar-refractivity contribution is 7.90. The third-order valence-electron chi connectivity index (χ3n) is 2.37. The Morgan fingerprint density at radius 1 is 1.63 bits per heavy atom. The molecule has 2 atom stereocenters. The topological polar surface area (TPSA) is 150 Å². The van der Waals surface area contributed by atoms with Gasteiger partial charge >= 0.3 is 0 Å². The van der Waals surface area contributed by atoms with E-state index < -0.39 is 33.6 Å². The van der Waals surface area contributed by atoms with Crippen LogP contribution in [0.3, 0.4) is 0 Å². The molecule has 0 spiro atoms. The highest BCUT2D eigenvalue weighted by Gasteiger charge is 2.44. The molecule has 1 rings (SSSR count). The molecule has 0 aliphatic carbocycles. The average Bonchev–Trinajstić information content (AvgIpc) is 2.28. The number of carbonyl (C=O) groups is 2. The van der Waals surface area contributed by atoms with Crippen molar-refractivity contribution in [2.24, 2.45) is 11.0 Å². The molecule has 106 valence electrons. The van der Waals surface area contributed by atoms with Crippen molar-refractivity contribution in [3.8, 4) is 0 Å². The largest absolute Gasteiger partial charge is 0.351 e. The molecular formula is C8H13N5O5S. The molecule has 0 aromatic heterocycles. The van der Waals surface area contributed by atoms with E-state index in [4.69, 9.17) is 5.53 Å². The second-order valence-corrected chi connectivity index (χ2v) is 6.21. The normalized spacial score (nSPS) is 21.8. The molecule has 10 nitrogen and oxygen atoms in total. The van der Waals surface area contributed by atoms with E-state index in [-0.39, 0.29) is 18.9 Å². The molecule has 1 heterocycles. The lowest BCUT2D eigenvalue weighted by Gasteiger charge is -2.34. The summed E-state index contributed by atoms with van der Waals surface area (Å²) in [5.41, 5.74) is 10.1. The first-order chi connectivity index (χ1) is 8.85. The number of amides is 2. The maximum Gasteiger partial charge on any atom is 0.258 e. The maximum absolute atomic E-state index is 11.6. The second kappa shape index (κ2) is 6.36. The number of sulfone groups is 1. The number of carbonyl (C=O) groups excluding carboxylic acids is 2. The smallest absolute Gasteiger partial charge is 0.258 e. The second-order valence-electron chi connectivity index (χ2n) is 3.95. The van der Waals surface area contributed by atoms with Crippen LogP contribution in [0.4, 0.5) is 0 Å². The number of rotatable bonds is 7. The van der Waals surface area contributed by atoms with Crippen LogP contribution in [-0.2, 0) is 24.3 Å². The fraction of sp³-hybridized carbons (Fsp3) is 0.750. The lowest BCUT2D eigenvalue weighted by atomic mass is 9.90. The van der Waals surface area contributed by atoms with E-state index in [1.807, 2.05) is 5.48 Å². The molecule has 0 aromatic rings. The van der Waals surface area contributed by atoms with E-state index >= 15 is 0 Å². The molecule has 0 radical (unpaired) electrons. The van der Waals surface area contributed by atoms with Crippen LogP contribution in [0.15, 0.2) is 5.11 Å². The first-order valence-corrected chi connectivity index (χ1v) is 7.32. The van der Waals surface area contributed by atoms with Crippen LogP contribution in [0.2, 0.25) is 0 Å². The number of azide groups is 1. The van der Waals surface area contributed by atoms with E-state index in [1.54, 1.807) is 0 Å². The summed E-state index contributed by atoms with van der Waals surface area (Å²) in [6.45, 7) is -0.246. The number of nitrogens with zero attached hydrogens (tertiary/aromatic N) is 3. The number of hydroxylamine groups is 1. The lowest BCUT2D eigenvalue weighted by molar-refractivity contribution is -0.151. The van der Waals surface area contributed by atoms with Crippen molar-refractivity contribution in [3.63, 3.8) is 0 Å². The van der Waals surface area contributed by atoms with Gasteiger partial charge in [-0.05, 0) is 5.53 Å². The van der Waals surface area contributed by atoms with E-state index in [1.165, 1.54) is 0 Å². The van der Waals surface area contributed by atoms with Crippen molar-refractivity contribution >= 4 is 21.7 Å². The van der Waals surface area contributed by atoms with Gasteiger partial charge in [0, 0.05) is 17.7 Å². The zero-order valence-electron chi connectivity index (χ0n) is 10.1. The summed E-state index contributed by atoms with van der Waals surface area (Å²) in [5, 5.41) is 5.66. The fourth-order valence-corrected chi connectivity index (χ4v) is 1.78. The van der Waals surface area contributed by atoms with Crippen LogP contribution in [0.25, 0.3) is 10.4 Å². The SMILES string of the molecule is CS(=O)(=O)CCONC(=O)C1C(=O)NC1CN=[N+]=[N-]. The van der Waals surface area contributed by atoms with Crippen molar-refractivity contribution in [2.45, 2.75) is 6.04 Å². The van der Waals surface area contributed by atoms with Crippen molar-refractivity contribution < 1.29 is 22.8 Å². The summed E-state index contributed by atoms with van der Waals surface area (Å²) in [4.78, 5) is 29.9. The molecule has 0 saturated carbocycles.